The summed E-state index contributed by atoms with van der Waals surface area (Å²) in [6, 6.07) is 9.24. The fourth-order valence-corrected chi connectivity index (χ4v) is 2.08. The topological polar surface area (TPSA) is 43.1 Å². The van der Waals surface area contributed by atoms with Crippen LogP contribution >= 0.6 is 0 Å². The molecule has 0 spiro atoms. The van der Waals surface area contributed by atoms with Crippen LogP contribution in [0.25, 0.3) is 0 Å². The van der Waals surface area contributed by atoms with Crippen molar-refractivity contribution < 1.29 is 4.92 Å². The Morgan fingerprint density at radius 2 is 2.00 bits per heavy atom. The number of nitro groups is 1. The maximum atomic E-state index is 11.2. The van der Waals surface area contributed by atoms with Gasteiger partial charge in [0.2, 0.25) is 0 Å². The summed E-state index contributed by atoms with van der Waals surface area (Å²) in [5.74, 6) is 0. The van der Waals surface area contributed by atoms with Gasteiger partial charge in [-0.3, -0.25) is 10.1 Å². The lowest BCUT2D eigenvalue weighted by Crippen LogP contribution is -2.34. The third-order valence-corrected chi connectivity index (χ3v) is 2.92. The van der Waals surface area contributed by atoms with E-state index in [0.29, 0.717) is 6.42 Å². The Labute approximate surface area is 88.6 Å². The van der Waals surface area contributed by atoms with Crippen LogP contribution in [0, 0.1) is 10.1 Å². The molecule has 2 rings (SSSR count). The highest BCUT2D eigenvalue weighted by Gasteiger charge is 2.42. The molecule has 0 aliphatic heterocycles. The Hall–Kier alpha value is -1.64. The highest BCUT2D eigenvalue weighted by Crippen LogP contribution is 2.35. The van der Waals surface area contributed by atoms with Gasteiger partial charge in [0.05, 0.1) is 0 Å². The van der Waals surface area contributed by atoms with Gasteiger partial charge in [0.1, 0.15) is 0 Å². The molecule has 1 aliphatic carbocycles. The summed E-state index contributed by atoms with van der Waals surface area (Å²) in [7, 11) is 0. The second-order valence-electron chi connectivity index (χ2n) is 3.84. The van der Waals surface area contributed by atoms with E-state index in [9.17, 15) is 10.1 Å². The Kier molecular flexibility index (Phi) is 2.54. The fraction of sp³-hybridized carbons (Fsp3) is 0.333. The van der Waals surface area contributed by atoms with E-state index in [2.05, 4.69) is 0 Å². The van der Waals surface area contributed by atoms with E-state index in [1.165, 1.54) is 0 Å². The van der Waals surface area contributed by atoms with Gasteiger partial charge in [0, 0.05) is 16.9 Å². The zero-order valence-electron chi connectivity index (χ0n) is 8.43. The molecule has 0 saturated heterocycles. The predicted molar refractivity (Wildman–Crippen MR) is 58.1 cm³/mol. The number of rotatable bonds is 2. The summed E-state index contributed by atoms with van der Waals surface area (Å²) in [4.78, 5) is 11.1. The highest BCUT2D eigenvalue weighted by atomic mass is 16.6. The normalized spacial score (nSPS) is 25.1. The van der Waals surface area contributed by atoms with Crippen LogP contribution in [0.15, 0.2) is 42.5 Å². The molecule has 0 aromatic heterocycles. The van der Waals surface area contributed by atoms with E-state index in [-0.39, 0.29) is 4.92 Å². The van der Waals surface area contributed by atoms with E-state index in [1.54, 1.807) is 6.08 Å². The van der Waals surface area contributed by atoms with E-state index in [1.807, 2.05) is 36.4 Å². The van der Waals surface area contributed by atoms with Gasteiger partial charge in [-0.05, 0) is 18.9 Å². The fourth-order valence-electron chi connectivity index (χ4n) is 2.08. The molecule has 0 saturated carbocycles. The second-order valence-corrected chi connectivity index (χ2v) is 3.84. The van der Waals surface area contributed by atoms with Crippen molar-refractivity contribution in [3.8, 4) is 0 Å². The molecule has 3 heteroatoms. The van der Waals surface area contributed by atoms with Crippen LogP contribution in [0.5, 0.6) is 0 Å². The van der Waals surface area contributed by atoms with Crippen molar-refractivity contribution in [3.05, 3.63) is 58.2 Å². The van der Waals surface area contributed by atoms with Crippen molar-refractivity contribution in [2.45, 2.75) is 24.8 Å². The molecular formula is C12H13NO2. The molecule has 78 valence electrons. The largest absolute Gasteiger partial charge is 0.265 e. The number of hydrogen-bond acceptors (Lipinski definition) is 2. The molecule has 1 atom stereocenters. The van der Waals surface area contributed by atoms with Crippen LogP contribution in [0.1, 0.15) is 24.8 Å². The van der Waals surface area contributed by atoms with Gasteiger partial charge in [0.25, 0.3) is 5.54 Å². The first-order valence-electron chi connectivity index (χ1n) is 5.13. The van der Waals surface area contributed by atoms with Crippen molar-refractivity contribution >= 4 is 0 Å². The monoisotopic (exact) mass is 203 g/mol. The standard InChI is InChI=1S/C12H13NO2/c14-13(15)12(9-5-2-6-10-12)11-7-3-1-4-8-11/h1,3-5,7-9H,2,6,10H2. The third kappa shape index (κ3) is 1.65. The van der Waals surface area contributed by atoms with Gasteiger partial charge in [-0.25, -0.2) is 0 Å². The Morgan fingerprint density at radius 3 is 2.53 bits per heavy atom. The zero-order chi connectivity index (χ0) is 10.7. The quantitative estimate of drug-likeness (QED) is 0.421. The van der Waals surface area contributed by atoms with E-state index < -0.39 is 5.54 Å². The van der Waals surface area contributed by atoms with Crippen molar-refractivity contribution in [1.82, 2.24) is 0 Å². The van der Waals surface area contributed by atoms with E-state index in [4.69, 9.17) is 0 Å². The SMILES string of the molecule is O=[N+]([O-])C1(c2ccccc2)C=CCCC1. The maximum absolute atomic E-state index is 11.2. The van der Waals surface area contributed by atoms with Crippen LogP contribution in [-0.4, -0.2) is 4.92 Å². The maximum Gasteiger partial charge on any atom is 0.265 e. The number of hydrogen-bond donors (Lipinski definition) is 0. The third-order valence-electron chi connectivity index (χ3n) is 2.92. The molecule has 15 heavy (non-hydrogen) atoms. The number of allylic oxidation sites excluding steroid dienone is 1. The first-order chi connectivity index (χ1) is 7.26. The van der Waals surface area contributed by atoms with Crippen LogP contribution < -0.4 is 0 Å². The molecule has 1 aliphatic rings. The van der Waals surface area contributed by atoms with Crippen LogP contribution in [0.4, 0.5) is 0 Å². The minimum Gasteiger partial charge on any atom is -0.263 e. The average molecular weight is 203 g/mol. The number of nitrogens with zero attached hydrogens (tertiary/aromatic N) is 1. The number of benzene rings is 1. The lowest BCUT2D eigenvalue weighted by Gasteiger charge is -2.24. The van der Waals surface area contributed by atoms with Crippen molar-refractivity contribution in [3.63, 3.8) is 0 Å². The van der Waals surface area contributed by atoms with Crippen LogP contribution in [-0.2, 0) is 5.54 Å². The van der Waals surface area contributed by atoms with Gasteiger partial charge in [0.15, 0.2) is 0 Å². The van der Waals surface area contributed by atoms with Gasteiger partial charge >= 0.3 is 0 Å². The Morgan fingerprint density at radius 1 is 1.27 bits per heavy atom. The van der Waals surface area contributed by atoms with Gasteiger partial charge in [-0.1, -0.05) is 36.4 Å². The molecule has 1 aromatic rings. The summed E-state index contributed by atoms with van der Waals surface area (Å²) in [5, 5.41) is 11.2. The molecule has 0 heterocycles. The molecule has 0 bridgehead atoms. The average Bonchev–Trinajstić information content (AvgIpc) is 2.31. The van der Waals surface area contributed by atoms with Gasteiger partial charge in [-0.2, -0.15) is 0 Å². The molecule has 1 unspecified atom stereocenters. The molecular weight excluding hydrogens is 190 g/mol. The first kappa shape index (κ1) is 9.90. The summed E-state index contributed by atoms with van der Waals surface area (Å²) in [5.41, 5.74) is -0.203. The molecule has 0 fully saturated rings. The summed E-state index contributed by atoms with van der Waals surface area (Å²) in [6.45, 7) is 0. The van der Waals surface area contributed by atoms with Crippen LogP contribution in [0.2, 0.25) is 0 Å². The molecule has 0 N–H and O–H groups in total. The Bertz CT molecular complexity index is 386. The van der Waals surface area contributed by atoms with E-state index >= 15 is 0 Å². The second kappa shape index (κ2) is 3.85. The van der Waals surface area contributed by atoms with Gasteiger partial charge in [-0.15, -0.1) is 0 Å². The molecule has 0 amide bonds. The molecule has 1 aromatic carbocycles. The lowest BCUT2D eigenvalue weighted by atomic mass is 9.82. The minimum absolute atomic E-state index is 0.169. The molecule has 3 nitrogen and oxygen atoms in total. The van der Waals surface area contributed by atoms with Crippen LogP contribution in [0.3, 0.4) is 0 Å². The highest BCUT2D eigenvalue weighted by molar-refractivity contribution is 5.28. The minimum atomic E-state index is -0.987. The lowest BCUT2D eigenvalue weighted by molar-refractivity contribution is -0.566. The summed E-state index contributed by atoms with van der Waals surface area (Å²) >= 11 is 0. The Balaban J connectivity index is 2.48. The van der Waals surface area contributed by atoms with E-state index in [0.717, 1.165) is 18.4 Å². The summed E-state index contributed by atoms with van der Waals surface area (Å²) in [6.07, 6.45) is 6.08. The molecule has 0 radical (unpaired) electrons. The zero-order valence-corrected chi connectivity index (χ0v) is 8.43. The van der Waals surface area contributed by atoms with Crippen molar-refractivity contribution in [2.24, 2.45) is 0 Å². The van der Waals surface area contributed by atoms with Crippen molar-refractivity contribution in [2.75, 3.05) is 0 Å². The first-order valence-corrected chi connectivity index (χ1v) is 5.13. The smallest absolute Gasteiger partial charge is 0.263 e. The van der Waals surface area contributed by atoms with Gasteiger partial charge < -0.3 is 0 Å². The summed E-state index contributed by atoms with van der Waals surface area (Å²) < 4.78 is 0. The van der Waals surface area contributed by atoms with Crippen molar-refractivity contribution in [1.29, 1.82) is 0 Å². The predicted octanol–water partition coefficient (Wildman–Crippen LogP) is 2.90.